The molecule has 1 N–H and O–H groups in total. The van der Waals surface area contributed by atoms with Crippen molar-refractivity contribution in [2.24, 2.45) is 17.3 Å². The van der Waals surface area contributed by atoms with Crippen molar-refractivity contribution in [3.8, 4) is 0 Å². The molecule has 0 radical (unpaired) electrons. The largest absolute Gasteiger partial charge is 0.391 e. The van der Waals surface area contributed by atoms with Crippen molar-refractivity contribution in [3.63, 3.8) is 0 Å². The highest BCUT2D eigenvalue weighted by Gasteiger charge is 2.57. The summed E-state index contributed by atoms with van der Waals surface area (Å²) in [5.41, 5.74) is 3.33. The lowest BCUT2D eigenvalue weighted by atomic mass is 9.55. The van der Waals surface area contributed by atoms with Gasteiger partial charge in [0.2, 0.25) is 0 Å². The molecule has 3 aliphatic carbocycles. The second-order valence-electron chi connectivity index (χ2n) is 7.36. The lowest BCUT2D eigenvalue weighted by molar-refractivity contribution is -0.0212. The van der Waals surface area contributed by atoms with E-state index in [1.807, 2.05) is 0 Å². The molecule has 2 fully saturated rings. The molecule has 20 heavy (non-hydrogen) atoms. The molecule has 0 amide bonds. The number of hydrogen-bond donors (Lipinski definition) is 1. The second kappa shape index (κ2) is 4.58. The van der Waals surface area contributed by atoms with Gasteiger partial charge in [0.25, 0.3) is 0 Å². The van der Waals surface area contributed by atoms with Crippen LogP contribution in [0.2, 0.25) is 0 Å². The summed E-state index contributed by atoms with van der Waals surface area (Å²) in [5, 5.41) is 10.6. The summed E-state index contributed by atoms with van der Waals surface area (Å²) in [7, 11) is 0. The monoisotopic (exact) mass is 334 g/mol. The first kappa shape index (κ1) is 13.3. The second-order valence-corrected chi connectivity index (χ2v) is 8.53. The molecule has 3 aliphatic rings. The van der Waals surface area contributed by atoms with E-state index < -0.39 is 0 Å². The molecule has 6 atom stereocenters. The maximum absolute atomic E-state index is 10.6. The highest BCUT2D eigenvalue weighted by molar-refractivity contribution is 9.09. The molecule has 4 rings (SSSR count). The summed E-state index contributed by atoms with van der Waals surface area (Å²) in [6.07, 6.45) is 5.97. The summed E-state index contributed by atoms with van der Waals surface area (Å²) in [6, 6.07) is 9.05. The van der Waals surface area contributed by atoms with Crippen LogP contribution in [0, 0.1) is 17.3 Å². The first-order valence-electron chi connectivity index (χ1n) is 8.01. The minimum atomic E-state index is -0.161. The molecule has 0 spiro atoms. The van der Waals surface area contributed by atoms with Gasteiger partial charge in [-0.3, -0.25) is 0 Å². The quantitative estimate of drug-likeness (QED) is 0.702. The topological polar surface area (TPSA) is 20.2 Å². The van der Waals surface area contributed by atoms with Crippen molar-refractivity contribution in [1.29, 1.82) is 0 Å². The van der Waals surface area contributed by atoms with E-state index in [1.165, 1.54) is 25.7 Å². The highest BCUT2D eigenvalue weighted by atomic mass is 79.9. The first-order valence-corrected chi connectivity index (χ1v) is 8.93. The SMILES string of the molecule is C[C@]12CC[C@@H]3c4ccccc4CC[C@H]3[C@@H]1C[C@@H](Br)[C@H]2O. The molecule has 0 unspecified atom stereocenters. The van der Waals surface area contributed by atoms with Gasteiger partial charge in [-0.15, -0.1) is 0 Å². The van der Waals surface area contributed by atoms with Gasteiger partial charge in [-0.2, -0.15) is 0 Å². The summed E-state index contributed by atoms with van der Waals surface area (Å²) in [4.78, 5) is 0.299. The van der Waals surface area contributed by atoms with E-state index in [9.17, 15) is 5.11 Å². The third kappa shape index (κ3) is 1.70. The third-order valence-electron chi connectivity index (χ3n) is 6.57. The zero-order valence-corrected chi connectivity index (χ0v) is 13.6. The molecule has 0 bridgehead atoms. The fraction of sp³-hybridized carbons (Fsp3) is 0.667. The number of alkyl halides is 1. The number of benzene rings is 1. The Balaban J connectivity index is 1.72. The Morgan fingerprint density at radius 3 is 2.90 bits per heavy atom. The van der Waals surface area contributed by atoms with Crippen molar-refractivity contribution >= 4 is 15.9 Å². The third-order valence-corrected chi connectivity index (χ3v) is 7.45. The normalized spacial score (nSPS) is 46.5. The van der Waals surface area contributed by atoms with Crippen LogP contribution in [-0.2, 0) is 6.42 Å². The molecule has 0 aliphatic heterocycles. The molecule has 1 aromatic carbocycles. The smallest absolute Gasteiger partial charge is 0.0721 e. The van der Waals surface area contributed by atoms with Crippen LogP contribution in [0.4, 0.5) is 0 Å². The maximum Gasteiger partial charge on any atom is 0.0721 e. The highest BCUT2D eigenvalue weighted by Crippen LogP contribution is 2.61. The van der Waals surface area contributed by atoms with Gasteiger partial charge in [0.05, 0.1) is 6.10 Å². The van der Waals surface area contributed by atoms with E-state index in [-0.39, 0.29) is 11.5 Å². The molecule has 1 aromatic rings. The number of rotatable bonds is 0. The molecule has 1 nitrogen and oxygen atoms in total. The van der Waals surface area contributed by atoms with Crippen molar-refractivity contribution in [3.05, 3.63) is 35.4 Å². The summed E-state index contributed by atoms with van der Waals surface area (Å²) in [6.45, 7) is 2.33. The fourth-order valence-corrected chi connectivity index (χ4v) is 6.47. The number of aryl methyl sites for hydroxylation is 1. The maximum atomic E-state index is 10.6. The van der Waals surface area contributed by atoms with Gasteiger partial charge in [-0.05, 0) is 66.4 Å². The summed E-state index contributed by atoms with van der Waals surface area (Å²) >= 11 is 3.73. The zero-order chi connectivity index (χ0) is 13.9. The molecule has 0 heterocycles. The number of aliphatic hydroxyl groups excluding tert-OH is 1. The standard InChI is InChI=1S/C18H23BrO/c1-18-9-8-13-12-5-3-2-4-11(12)6-7-14(13)15(18)10-16(19)17(18)20/h2-5,13-17,20H,6-10H2,1H3/t13-,14-,15+,16-,17-,18+/m1/s1. The molecular formula is C18H23BrO. The van der Waals surface area contributed by atoms with E-state index in [2.05, 4.69) is 47.1 Å². The fourth-order valence-electron chi connectivity index (χ4n) is 5.47. The molecule has 0 aromatic heterocycles. The van der Waals surface area contributed by atoms with Gasteiger partial charge in [0, 0.05) is 4.83 Å². The Bertz CT molecular complexity index is 528. The van der Waals surface area contributed by atoms with Crippen LogP contribution >= 0.6 is 15.9 Å². The van der Waals surface area contributed by atoms with Gasteiger partial charge >= 0.3 is 0 Å². The van der Waals surface area contributed by atoms with Crippen LogP contribution in [0.1, 0.15) is 49.7 Å². The lowest BCUT2D eigenvalue weighted by Crippen LogP contribution is -2.44. The predicted molar refractivity (Wildman–Crippen MR) is 85.2 cm³/mol. The van der Waals surface area contributed by atoms with Crippen molar-refractivity contribution in [2.75, 3.05) is 0 Å². The molecule has 108 valence electrons. The van der Waals surface area contributed by atoms with E-state index in [0.29, 0.717) is 10.7 Å². The minimum absolute atomic E-state index is 0.140. The number of fused-ring (bicyclic) bond motifs is 5. The Morgan fingerprint density at radius 1 is 1.25 bits per heavy atom. The van der Waals surface area contributed by atoms with Gasteiger partial charge < -0.3 is 5.11 Å². The summed E-state index contributed by atoms with van der Waals surface area (Å²) < 4.78 is 0. The Kier molecular flexibility index (Phi) is 3.05. The van der Waals surface area contributed by atoms with E-state index in [4.69, 9.17) is 0 Å². The Labute approximate surface area is 129 Å². The van der Waals surface area contributed by atoms with Gasteiger partial charge in [-0.1, -0.05) is 47.1 Å². The number of halogens is 1. The Hall–Kier alpha value is -0.340. The average molecular weight is 335 g/mol. The molecule has 2 saturated carbocycles. The molecular weight excluding hydrogens is 312 g/mol. The minimum Gasteiger partial charge on any atom is -0.391 e. The lowest BCUT2D eigenvalue weighted by Gasteiger charge is -2.50. The van der Waals surface area contributed by atoms with Crippen LogP contribution in [0.15, 0.2) is 24.3 Å². The number of hydrogen-bond acceptors (Lipinski definition) is 1. The van der Waals surface area contributed by atoms with Crippen LogP contribution in [0.5, 0.6) is 0 Å². The van der Waals surface area contributed by atoms with Crippen LogP contribution in [-0.4, -0.2) is 16.0 Å². The average Bonchev–Trinajstić information content (AvgIpc) is 2.71. The van der Waals surface area contributed by atoms with Crippen LogP contribution < -0.4 is 0 Å². The van der Waals surface area contributed by atoms with E-state index in [1.54, 1.807) is 11.1 Å². The van der Waals surface area contributed by atoms with Crippen molar-refractivity contribution in [1.82, 2.24) is 0 Å². The van der Waals surface area contributed by atoms with Crippen LogP contribution in [0.25, 0.3) is 0 Å². The Morgan fingerprint density at radius 2 is 2.05 bits per heavy atom. The van der Waals surface area contributed by atoms with E-state index in [0.717, 1.165) is 18.3 Å². The molecule has 2 heteroatoms. The van der Waals surface area contributed by atoms with Crippen LogP contribution in [0.3, 0.4) is 0 Å². The van der Waals surface area contributed by atoms with Gasteiger partial charge in [0.15, 0.2) is 0 Å². The number of aliphatic hydroxyl groups is 1. The van der Waals surface area contributed by atoms with Crippen molar-refractivity contribution in [2.45, 2.75) is 55.9 Å². The summed E-state index contributed by atoms with van der Waals surface area (Å²) in [5.74, 6) is 2.21. The van der Waals surface area contributed by atoms with E-state index >= 15 is 0 Å². The predicted octanol–water partition coefficient (Wildman–Crippen LogP) is 4.28. The van der Waals surface area contributed by atoms with Gasteiger partial charge in [0.1, 0.15) is 0 Å². The zero-order valence-electron chi connectivity index (χ0n) is 12.1. The van der Waals surface area contributed by atoms with Crippen molar-refractivity contribution < 1.29 is 5.11 Å². The first-order chi connectivity index (χ1) is 9.61. The van der Waals surface area contributed by atoms with Gasteiger partial charge in [-0.25, -0.2) is 0 Å². The molecule has 0 saturated heterocycles.